The number of nitrogens with one attached hydrogen (secondary N) is 2. The minimum Gasteiger partial charge on any atom is -0.506 e. The van der Waals surface area contributed by atoms with E-state index >= 15 is 0 Å². The zero-order valence-corrected chi connectivity index (χ0v) is 16.3. The summed E-state index contributed by atoms with van der Waals surface area (Å²) in [5.41, 5.74) is 5.73. The second-order valence-corrected chi connectivity index (χ2v) is 6.85. The molecule has 0 spiro atoms. The van der Waals surface area contributed by atoms with Gasteiger partial charge in [-0.1, -0.05) is 60.7 Å². The maximum absolute atomic E-state index is 10.2. The number of nitrogens with zero attached hydrogens (tertiary/aromatic N) is 1. The predicted octanol–water partition coefficient (Wildman–Crippen LogP) is 6.12. The van der Waals surface area contributed by atoms with Crippen LogP contribution in [-0.4, -0.2) is 16.6 Å². The van der Waals surface area contributed by atoms with Gasteiger partial charge in [0.05, 0.1) is 5.69 Å². The van der Waals surface area contributed by atoms with Crippen LogP contribution in [0.25, 0.3) is 17.0 Å². The fourth-order valence-electron chi connectivity index (χ4n) is 3.26. The smallest absolute Gasteiger partial charge is 0.141 e. The summed E-state index contributed by atoms with van der Waals surface area (Å²) >= 11 is 0. The summed E-state index contributed by atoms with van der Waals surface area (Å²) in [4.78, 5) is 4.48. The number of hydrogen-bond donors (Lipinski definition) is 3. The third-order valence-electron chi connectivity index (χ3n) is 4.81. The first kappa shape index (κ1) is 18.6. The highest BCUT2D eigenvalue weighted by molar-refractivity contribution is 5.99. The van der Waals surface area contributed by atoms with Gasteiger partial charge >= 0.3 is 0 Å². The van der Waals surface area contributed by atoms with E-state index in [9.17, 15) is 5.11 Å². The minimum atomic E-state index is 0.177. The van der Waals surface area contributed by atoms with E-state index in [2.05, 4.69) is 40.8 Å². The monoisotopic (exact) mass is 381 g/mol. The molecule has 1 aromatic heterocycles. The van der Waals surface area contributed by atoms with Crippen LogP contribution in [0.5, 0.6) is 5.75 Å². The predicted molar refractivity (Wildman–Crippen MR) is 122 cm³/mol. The fraction of sp³-hybridized carbons (Fsp3) is 0.0800. The number of anilines is 3. The van der Waals surface area contributed by atoms with E-state index in [0.717, 1.165) is 33.6 Å². The Kier molecular flexibility index (Phi) is 5.43. The van der Waals surface area contributed by atoms with Gasteiger partial charge in [0, 0.05) is 35.1 Å². The molecule has 0 saturated heterocycles. The first-order valence-electron chi connectivity index (χ1n) is 9.61. The molecule has 0 atom stereocenters. The SMILES string of the molecule is Cc1ccccc1Nc1c(C=CCNc2ccccc2)cnc2c(O)cccc12. The number of benzene rings is 3. The van der Waals surface area contributed by atoms with Gasteiger partial charge in [0.1, 0.15) is 11.3 Å². The molecule has 3 aromatic carbocycles. The van der Waals surface area contributed by atoms with E-state index in [1.54, 1.807) is 12.3 Å². The lowest BCUT2D eigenvalue weighted by Crippen LogP contribution is -1.99. The van der Waals surface area contributed by atoms with Crippen molar-refractivity contribution < 1.29 is 5.11 Å². The summed E-state index contributed by atoms with van der Waals surface area (Å²) in [5.74, 6) is 0.177. The second kappa shape index (κ2) is 8.48. The van der Waals surface area contributed by atoms with Crippen molar-refractivity contribution in [1.82, 2.24) is 4.98 Å². The summed E-state index contributed by atoms with van der Waals surface area (Å²) in [7, 11) is 0. The number of phenols is 1. The Bertz CT molecular complexity index is 1150. The number of pyridine rings is 1. The number of aromatic nitrogens is 1. The largest absolute Gasteiger partial charge is 0.506 e. The Balaban J connectivity index is 1.67. The van der Waals surface area contributed by atoms with Crippen molar-refractivity contribution in [2.45, 2.75) is 6.92 Å². The summed E-state index contributed by atoms with van der Waals surface area (Å²) in [6.07, 6.45) is 5.91. The van der Waals surface area contributed by atoms with Crippen molar-refractivity contribution in [3.05, 3.63) is 96.2 Å². The lowest BCUT2D eigenvalue weighted by molar-refractivity contribution is 0.480. The van der Waals surface area contributed by atoms with Crippen LogP contribution in [0.15, 0.2) is 85.1 Å². The molecule has 3 N–H and O–H groups in total. The number of rotatable bonds is 6. The van der Waals surface area contributed by atoms with Crippen molar-refractivity contribution in [2.75, 3.05) is 17.2 Å². The molecule has 144 valence electrons. The van der Waals surface area contributed by atoms with Gasteiger partial charge in [-0.2, -0.15) is 0 Å². The van der Waals surface area contributed by atoms with Gasteiger partial charge in [0.2, 0.25) is 0 Å². The number of aryl methyl sites for hydroxylation is 1. The Morgan fingerprint density at radius 1 is 0.931 bits per heavy atom. The molecule has 0 saturated carbocycles. The molecule has 4 nitrogen and oxygen atoms in total. The lowest BCUT2D eigenvalue weighted by Gasteiger charge is -2.15. The topological polar surface area (TPSA) is 57.2 Å². The van der Waals surface area contributed by atoms with Gasteiger partial charge in [-0.3, -0.25) is 4.98 Å². The summed E-state index contributed by atoms with van der Waals surface area (Å²) in [6.45, 7) is 2.77. The van der Waals surface area contributed by atoms with Crippen molar-refractivity contribution in [1.29, 1.82) is 0 Å². The number of para-hydroxylation sites is 3. The maximum Gasteiger partial charge on any atom is 0.141 e. The van der Waals surface area contributed by atoms with Gasteiger partial charge in [0.15, 0.2) is 0 Å². The molecule has 0 radical (unpaired) electrons. The van der Waals surface area contributed by atoms with E-state index in [4.69, 9.17) is 0 Å². The first-order chi connectivity index (χ1) is 14.2. The zero-order valence-electron chi connectivity index (χ0n) is 16.3. The van der Waals surface area contributed by atoms with Crippen molar-refractivity contribution in [3.8, 4) is 5.75 Å². The molecule has 0 aliphatic heterocycles. The molecule has 0 fully saturated rings. The average molecular weight is 381 g/mol. The van der Waals surface area contributed by atoms with Crippen LogP contribution >= 0.6 is 0 Å². The maximum atomic E-state index is 10.2. The molecule has 29 heavy (non-hydrogen) atoms. The Hall–Kier alpha value is -3.79. The number of fused-ring (bicyclic) bond motifs is 1. The quantitative estimate of drug-likeness (QED) is 0.377. The molecule has 0 aliphatic rings. The molecule has 1 heterocycles. The normalized spacial score (nSPS) is 11.1. The highest BCUT2D eigenvalue weighted by Gasteiger charge is 2.11. The molecule has 0 bridgehead atoms. The van der Waals surface area contributed by atoms with E-state index in [0.29, 0.717) is 12.1 Å². The van der Waals surface area contributed by atoms with Crippen LogP contribution in [0, 0.1) is 6.92 Å². The van der Waals surface area contributed by atoms with Gasteiger partial charge < -0.3 is 15.7 Å². The van der Waals surface area contributed by atoms with Crippen molar-refractivity contribution in [2.24, 2.45) is 0 Å². The van der Waals surface area contributed by atoms with E-state index in [-0.39, 0.29) is 5.75 Å². The molecule has 4 aromatic rings. The summed E-state index contributed by atoms with van der Waals surface area (Å²) in [6, 6.07) is 23.7. The fourth-order valence-corrected chi connectivity index (χ4v) is 3.26. The van der Waals surface area contributed by atoms with E-state index in [1.165, 1.54) is 0 Å². The number of hydrogen-bond acceptors (Lipinski definition) is 4. The number of aromatic hydroxyl groups is 1. The van der Waals surface area contributed by atoms with Gasteiger partial charge in [-0.25, -0.2) is 0 Å². The van der Waals surface area contributed by atoms with Crippen molar-refractivity contribution in [3.63, 3.8) is 0 Å². The van der Waals surface area contributed by atoms with Gasteiger partial charge in [-0.05, 0) is 36.8 Å². The minimum absolute atomic E-state index is 0.177. The van der Waals surface area contributed by atoms with Gasteiger partial charge in [0.25, 0.3) is 0 Å². The van der Waals surface area contributed by atoms with Crippen LogP contribution in [0.2, 0.25) is 0 Å². The van der Waals surface area contributed by atoms with Crippen LogP contribution < -0.4 is 10.6 Å². The van der Waals surface area contributed by atoms with Gasteiger partial charge in [-0.15, -0.1) is 0 Å². The van der Waals surface area contributed by atoms with E-state index in [1.807, 2.05) is 60.7 Å². The van der Waals surface area contributed by atoms with Crippen LogP contribution in [-0.2, 0) is 0 Å². The Morgan fingerprint density at radius 2 is 1.72 bits per heavy atom. The van der Waals surface area contributed by atoms with Crippen LogP contribution in [0.3, 0.4) is 0 Å². The average Bonchev–Trinajstić information content (AvgIpc) is 2.75. The number of phenolic OH excluding ortho intramolecular Hbond substituents is 1. The molecule has 0 unspecified atom stereocenters. The van der Waals surface area contributed by atoms with Crippen LogP contribution in [0.4, 0.5) is 17.1 Å². The molecule has 0 aliphatic carbocycles. The summed E-state index contributed by atoms with van der Waals surface area (Å²) in [5, 5.41) is 18.0. The summed E-state index contributed by atoms with van der Waals surface area (Å²) < 4.78 is 0. The standard InChI is InChI=1S/C25H23N3O/c1-18-9-5-6-14-22(18)28-24-19(10-8-16-26-20-11-3-2-4-12-20)17-27-25-21(24)13-7-15-23(25)29/h2-15,17,26,29H,16H2,1H3,(H,27,28). The molecule has 0 amide bonds. The molecular weight excluding hydrogens is 358 g/mol. The van der Waals surface area contributed by atoms with E-state index < -0.39 is 0 Å². The van der Waals surface area contributed by atoms with Crippen LogP contribution in [0.1, 0.15) is 11.1 Å². The zero-order chi connectivity index (χ0) is 20.1. The van der Waals surface area contributed by atoms with Crippen molar-refractivity contribution >= 4 is 34.0 Å². The lowest BCUT2D eigenvalue weighted by atomic mass is 10.1. The Morgan fingerprint density at radius 3 is 2.55 bits per heavy atom. The second-order valence-electron chi connectivity index (χ2n) is 6.85. The Labute approximate surface area is 170 Å². The molecular formula is C25H23N3O. The highest BCUT2D eigenvalue weighted by Crippen LogP contribution is 2.34. The third-order valence-corrected chi connectivity index (χ3v) is 4.81. The first-order valence-corrected chi connectivity index (χ1v) is 9.61. The molecule has 4 heteroatoms. The highest BCUT2D eigenvalue weighted by atomic mass is 16.3. The molecule has 4 rings (SSSR count). The third kappa shape index (κ3) is 4.22.